The Morgan fingerprint density at radius 2 is 2.31 bits per heavy atom. The predicted octanol–water partition coefficient (Wildman–Crippen LogP) is 1.72. The van der Waals surface area contributed by atoms with Crippen LogP contribution in [0.4, 0.5) is 4.39 Å². The molecule has 0 saturated carbocycles. The summed E-state index contributed by atoms with van der Waals surface area (Å²) in [6.07, 6.45) is 0. The summed E-state index contributed by atoms with van der Waals surface area (Å²) < 4.78 is 18.7. The maximum atomic E-state index is 13.4. The first-order valence-electron chi connectivity index (χ1n) is 4.47. The number of nitrogens with two attached hydrogens (primary N) is 1. The van der Waals surface area contributed by atoms with Crippen LogP contribution in [-0.2, 0) is 4.79 Å². The van der Waals surface area contributed by atoms with Crippen molar-refractivity contribution in [2.24, 2.45) is 5.73 Å². The number of carboxylic acid groups (broad SMARTS) is 1. The molecule has 0 spiro atoms. The van der Waals surface area contributed by atoms with E-state index in [-0.39, 0.29) is 17.9 Å². The number of hydrogen-bond donors (Lipinski definition) is 2. The van der Waals surface area contributed by atoms with Gasteiger partial charge >= 0.3 is 5.97 Å². The summed E-state index contributed by atoms with van der Waals surface area (Å²) in [5.74, 6) is -2.82. The maximum Gasteiger partial charge on any atom is 0.312 e. The zero-order valence-electron chi connectivity index (χ0n) is 8.54. The molecule has 0 saturated heterocycles. The SMILES string of the molecule is COc1c(F)ccc(Br)c1C(CN)C(=O)O. The Labute approximate surface area is 100 Å². The fraction of sp³-hybridized carbons (Fsp3) is 0.300. The van der Waals surface area contributed by atoms with Gasteiger partial charge in [-0.15, -0.1) is 0 Å². The lowest BCUT2D eigenvalue weighted by Crippen LogP contribution is -2.22. The molecule has 0 aliphatic heterocycles. The quantitative estimate of drug-likeness (QED) is 0.886. The van der Waals surface area contributed by atoms with Crippen LogP contribution in [0.25, 0.3) is 0 Å². The molecule has 1 aromatic carbocycles. The van der Waals surface area contributed by atoms with Crippen LogP contribution in [0.5, 0.6) is 5.75 Å². The van der Waals surface area contributed by atoms with Crippen molar-refractivity contribution >= 4 is 21.9 Å². The molecule has 0 heterocycles. The van der Waals surface area contributed by atoms with E-state index < -0.39 is 17.7 Å². The van der Waals surface area contributed by atoms with Crippen LogP contribution >= 0.6 is 15.9 Å². The van der Waals surface area contributed by atoms with E-state index in [1.54, 1.807) is 0 Å². The number of carbonyl (C=O) groups is 1. The Morgan fingerprint density at radius 3 is 2.75 bits per heavy atom. The summed E-state index contributed by atoms with van der Waals surface area (Å²) in [4.78, 5) is 11.0. The summed E-state index contributed by atoms with van der Waals surface area (Å²) in [7, 11) is 1.28. The third-order valence-corrected chi connectivity index (χ3v) is 2.87. The Hall–Kier alpha value is -1.14. The lowest BCUT2D eigenvalue weighted by molar-refractivity contribution is -0.138. The number of rotatable bonds is 4. The van der Waals surface area contributed by atoms with Crippen LogP contribution < -0.4 is 10.5 Å². The molecule has 0 bridgehead atoms. The molecule has 88 valence electrons. The predicted molar refractivity (Wildman–Crippen MR) is 60.1 cm³/mol. The second-order valence-electron chi connectivity index (χ2n) is 3.10. The number of hydrogen-bond acceptors (Lipinski definition) is 3. The lowest BCUT2D eigenvalue weighted by atomic mass is 9.98. The first-order chi connectivity index (χ1) is 7.52. The van der Waals surface area contributed by atoms with Gasteiger partial charge in [-0.1, -0.05) is 15.9 Å². The largest absolute Gasteiger partial charge is 0.493 e. The van der Waals surface area contributed by atoms with Crippen LogP contribution in [0.15, 0.2) is 16.6 Å². The molecular formula is C10H11BrFNO3. The highest BCUT2D eigenvalue weighted by Gasteiger charge is 2.26. The summed E-state index contributed by atoms with van der Waals surface area (Å²) in [6, 6.07) is 2.63. The maximum absolute atomic E-state index is 13.4. The Balaban J connectivity index is 3.39. The second-order valence-corrected chi connectivity index (χ2v) is 3.96. The van der Waals surface area contributed by atoms with Crippen LogP contribution in [0.1, 0.15) is 11.5 Å². The van der Waals surface area contributed by atoms with Gasteiger partial charge in [-0.05, 0) is 12.1 Å². The van der Waals surface area contributed by atoms with Crippen LogP contribution in [-0.4, -0.2) is 24.7 Å². The number of carboxylic acids is 1. The normalized spacial score (nSPS) is 12.2. The minimum absolute atomic E-state index is 0.0905. The molecule has 0 aromatic heterocycles. The average molecular weight is 292 g/mol. The molecule has 3 N–H and O–H groups in total. The van der Waals surface area contributed by atoms with Crippen molar-refractivity contribution in [3.63, 3.8) is 0 Å². The monoisotopic (exact) mass is 291 g/mol. The van der Waals surface area contributed by atoms with Gasteiger partial charge in [-0.25, -0.2) is 4.39 Å². The molecule has 6 heteroatoms. The fourth-order valence-corrected chi connectivity index (χ4v) is 2.01. The Bertz CT molecular complexity index is 411. The Morgan fingerprint density at radius 1 is 1.69 bits per heavy atom. The van der Waals surface area contributed by atoms with Crippen LogP contribution in [0.2, 0.25) is 0 Å². The summed E-state index contributed by atoms with van der Waals surface area (Å²) >= 11 is 3.17. The van der Waals surface area contributed by atoms with Gasteiger partial charge in [0.05, 0.1) is 13.0 Å². The van der Waals surface area contributed by atoms with E-state index in [2.05, 4.69) is 15.9 Å². The van der Waals surface area contributed by atoms with E-state index in [9.17, 15) is 9.18 Å². The van der Waals surface area contributed by atoms with Crippen molar-refractivity contribution in [2.45, 2.75) is 5.92 Å². The number of methoxy groups -OCH3 is 1. The summed E-state index contributed by atoms with van der Waals surface area (Å²) in [5.41, 5.74) is 5.59. The van der Waals surface area contributed by atoms with Crippen LogP contribution in [0.3, 0.4) is 0 Å². The van der Waals surface area contributed by atoms with Gasteiger partial charge < -0.3 is 15.6 Å². The van der Waals surface area contributed by atoms with Crippen molar-refractivity contribution in [1.82, 2.24) is 0 Å². The highest BCUT2D eigenvalue weighted by atomic mass is 79.9. The zero-order chi connectivity index (χ0) is 12.3. The first kappa shape index (κ1) is 12.9. The van der Waals surface area contributed by atoms with Gasteiger partial charge in [0.2, 0.25) is 0 Å². The zero-order valence-corrected chi connectivity index (χ0v) is 10.1. The molecule has 1 aromatic rings. The van der Waals surface area contributed by atoms with Gasteiger partial charge in [0.25, 0.3) is 0 Å². The molecule has 1 rings (SSSR count). The smallest absolute Gasteiger partial charge is 0.312 e. The average Bonchev–Trinajstić information content (AvgIpc) is 2.24. The van der Waals surface area contributed by atoms with Gasteiger partial charge in [0.15, 0.2) is 11.6 Å². The second kappa shape index (κ2) is 5.27. The molecule has 0 aliphatic rings. The molecule has 0 radical (unpaired) electrons. The minimum Gasteiger partial charge on any atom is -0.493 e. The molecular weight excluding hydrogens is 281 g/mol. The van der Waals surface area contributed by atoms with E-state index in [0.717, 1.165) is 0 Å². The van der Waals surface area contributed by atoms with Crippen molar-refractivity contribution in [2.75, 3.05) is 13.7 Å². The van der Waals surface area contributed by atoms with Crippen molar-refractivity contribution < 1.29 is 19.0 Å². The third kappa shape index (κ3) is 2.33. The van der Waals surface area contributed by atoms with E-state index in [1.165, 1.54) is 19.2 Å². The van der Waals surface area contributed by atoms with E-state index >= 15 is 0 Å². The summed E-state index contributed by atoms with van der Waals surface area (Å²) in [6.45, 7) is -0.131. The molecule has 0 fully saturated rings. The summed E-state index contributed by atoms with van der Waals surface area (Å²) in [5, 5.41) is 8.98. The van der Waals surface area contributed by atoms with Crippen molar-refractivity contribution in [1.29, 1.82) is 0 Å². The number of ether oxygens (including phenoxy) is 1. The minimum atomic E-state index is -1.12. The lowest BCUT2D eigenvalue weighted by Gasteiger charge is -2.16. The van der Waals surface area contributed by atoms with Gasteiger partial charge in [0, 0.05) is 16.6 Å². The highest BCUT2D eigenvalue weighted by molar-refractivity contribution is 9.10. The number of aliphatic carboxylic acids is 1. The molecule has 0 aliphatic carbocycles. The van der Waals surface area contributed by atoms with Crippen LogP contribution in [0, 0.1) is 5.82 Å². The van der Waals surface area contributed by atoms with Gasteiger partial charge in [0.1, 0.15) is 0 Å². The van der Waals surface area contributed by atoms with E-state index in [4.69, 9.17) is 15.6 Å². The highest BCUT2D eigenvalue weighted by Crippen LogP contribution is 2.35. The third-order valence-electron chi connectivity index (χ3n) is 2.18. The molecule has 1 atom stereocenters. The molecule has 16 heavy (non-hydrogen) atoms. The molecule has 1 unspecified atom stereocenters. The van der Waals surface area contributed by atoms with E-state index in [0.29, 0.717) is 4.47 Å². The first-order valence-corrected chi connectivity index (χ1v) is 5.27. The number of benzene rings is 1. The number of halogens is 2. The van der Waals surface area contributed by atoms with Crippen molar-refractivity contribution in [3.05, 3.63) is 28.0 Å². The standard InChI is InChI=1S/C10H11BrFNO3/c1-16-9-7(12)3-2-6(11)8(9)5(4-13)10(14)15/h2-3,5H,4,13H2,1H3,(H,14,15). The van der Waals surface area contributed by atoms with Gasteiger partial charge in [-0.2, -0.15) is 0 Å². The molecule has 0 amide bonds. The topological polar surface area (TPSA) is 72.5 Å². The Kier molecular flexibility index (Phi) is 4.26. The molecule has 4 nitrogen and oxygen atoms in total. The van der Waals surface area contributed by atoms with E-state index in [1.807, 2.05) is 0 Å². The fourth-order valence-electron chi connectivity index (χ4n) is 1.42. The van der Waals surface area contributed by atoms with Gasteiger partial charge in [-0.3, -0.25) is 4.79 Å². The van der Waals surface area contributed by atoms with Crippen molar-refractivity contribution in [3.8, 4) is 5.75 Å².